The third kappa shape index (κ3) is 33.2. The minimum Gasteiger partial charge on any atom is -0.481 e. The first kappa shape index (κ1) is 57.1. The molecule has 0 amide bonds. The summed E-state index contributed by atoms with van der Waals surface area (Å²) in [6.07, 6.45) is -3.31. The second-order valence-electron chi connectivity index (χ2n) is 13.4. The van der Waals surface area contributed by atoms with Crippen LogP contribution in [0.5, 0.6) is 0 Å². The summed E-state index contributed by atoms with van der Waals surface area (Å²) in [6.45, 7) is 8.75. The maximum Gasteiger partial charge on any atom is 0.416 e. The number of para-hydroxylation sites is 1. The van der Waals surface area contributed by atoms with E-state index in [-0.39, 0.29) is 63.1 Å². The molecule has 65 heavy (non-hydrogen) atoms. The molecule has 0 spiro atoms. The minimum atomic E-state index is -4.49. The summed E-state index contributed by atoms with van der Waals surface area (Å²) < 4.78 is 109. The third-order valence-electron chi connectivity index (χ3n) is 8.31. The number of rotatable bonds is 44. The summed E-state index contributed by atoms with van der Waals surface area (Å²) in [5.41, 5.74) is -0.123. The van der Waals surface area contributed by atoms with Gasteiger partial charge < -0.3 is 72.0 Å². The Kier molecular flexibility index (Phi) is 34.4. The SMILES string of the molecule is O=C(O)CCCCC(=O)OCCOCCOCCOCCOCCOCCOCCOCCOCCOCCOCCOCCOC(=O)c1ccccc1Nc1cccc(C(F)(F)F)c1. The summed E-state index contributed by atoms with van der Waals surface area (Å²) in [4.78, 5) is 34.6. The zero-order chi connectivity index (χ0) is 46.9. The molecule has 2 aromatic rings. The Bertz CT molecular complexity index is 1510. The maximum atomic E-state index is 13.1. The number of esters is 2. The molecule has 0 fully saturated rings. The second-order valence-corrected chi connectivity index (χ2v) is 13.4. The molecule has 0 saturated heterocycles. The van der Waals surface area contributed by atoms with Gasteiger partial charge in [0.15, 0.2) is 0 Å². The van der Waals surface area contributed by atoms with Gasteiger partial charge in [-0.05, 0) is 43.2 Å². The van der Waals surface area contributed by atoms with Crippen LogP contribution in [0.2, 0.25) is 0 Å². The van der Waals surface area contributed by atoms with Crippen molar-refractivity contribution in [2.24, 2.45) is 0 Å². The van der Waals surface area contributed by atoms with E-state index in [1.165, 1.54) is 18.2 Å². The number of aliphatic carboxylic acids is 1. The van der Waals surface area contributed by atoms with Crippen LogP contribution in [0.15, 0.2) is 48.5 Å². The van der Waals surface area contributed by atoms with E-state index in [1.807, 2.05) is 0 Å². The summed E-state index contributed by atoms with van der Waals surface area (Å²) in [5, 5.41) is 11.4. The number of carbonyl (C=O) groups excluding carboxylic acids is 2. The van der Waals surface area contributed by atoms with E-state index in [4.69, 9.17) is 66.7 Å². The van der Waals surface area contributed by atoms with Gasteiger partial charge >= 0.3 is 24.1 Å². The van der Waals surface area contributed by atoms with Crippen molar-refractivity contribution in [1.29, 1.82) is 0 Å². The number of anilines is 2. The molecule has 0 aliphatic heterocycles. The lowest BCUT2D eigenvalue weighted by molar-refractivity contribution is -0.146. The minimum absolute atomic E-state index is 0.0132. The van der Waals surface area contributed by atoms with Crippen molar-refractivity contribution < 1.29 is 94.2 Å². The molecule has 0 heterocycles. The van der Waals surface area contributed by atoms with E-state index < -0.39 is 23.7 Å². The Morgan fingerprint density at radius 2 is 0.831 bits per heavy atom. The van der Waals surface area contributed by atoms with E-state index in [9.17, 15) is 27.6 Å². The van der Waals surface area contributed by atoms with Crippen molar-refractivity contribution in [2.75, 3.05) is 164 Å². The van der Waals surface area contributed by atoms with Crippen LogP contribution in [-0.2, 0) is 77.3 Å². The van der Waals surface area contributed by atoms with Crippen molar-refractivity contribution in [2.45, 2.75) is 31.9 Å². The molecule has 0 unspecified atom stereocenters. The van der Waals surface area contributed by atoms with Crippen molar-refractivity contribution in [3.63, 3.8) is 0 Å². The molecule has 0 aromatic heterocycles. The predicted octanol–water partition coefficient (Wildman–Crippen LogP) is 4.98. The number of carboxylic acids is 1. The van der Waals surface area contributed by atoms with Crippen LogP contribution in [-0.4, -0.2) is 182 Å². The molecule has 2 aromatic carbocycles. The van der Waals surface area contributed by atoms with Gasteiger partial charge in [-0.3, -0.25) is 9.59 Å². The Morgan fingerprint density at radius 1 is 0.462 bits per heavy atom. The maximum absolute atomic E-state index is 13.1. The van der Waals surface area contributed by atoms with Crippen LogP contribution in [0.4, 0.5) is 24.5 Å². The zero-order valence-corrected chi connectivity index (χ0v) is 37.0. The van der Waals surface area contributed by atoms with Gasteiger partial charge in [0, 0.05) is 18.5 Å². The third-order valence-corrected chi connectivity index (χ3v) is 8.31. The normalized spacial score (nSPS) is 11.5. The van der Waals surface area contributed by atoms with Crippen molar-refractivity contribution in [3.8, 4) is 0 Å². The summed E-state index contributed by atoms with van der Waals surface area (Å²) in [6, 6.07) is 11.1. The quantitative estimate of drug-likeness (QED) is 0.0665. The summed E-state index contributed by atoms with van der Waals surface area (Å²) in [7, 11) is 0. The molecular weight excluding hydrogens is 871 g/mol. The van der Waals surface area contributed by atoms with Gasteiger partial charge in [0.1, 0.15) is 13.2 Å². The number of hydrogen-bond donors (Lipinski definition) is 2. The molecule has 0 bridgehead atoms. The number of carbonyl (C=O) groups is 3. The van der Waals surface area contributed by atoms with Crippen molar-refractivity contribution in [3.05, 3.63) is 59.7 Å². The van der Waals surface area contributed by atoms with E-state index in [0.29, 0.717) is 144 Å². The van der Waals surface area contributed by atoms with Crippen molar-refractivity contribution >= 4 is 29.3 Å². The molecule has 21 heteroatoms. The molecule has 0 saturated carbocycles. The summed E-state index contributed by atoms with van der Waals surface area (Å²) in [5.74, 6) is -1.87. The number of nitrogens with one attached hydrogen (secondary N) is 1. The average molecular weight is 938 g/mol. The zero-order valence-electron chi connectivity index (χ0n) is 37.0. The highest BCUT2D eigenvalue weighted by atomic mass is 19.4. The Balaban J connectivity index is 1.23. The Labute approximate surface area is 378 Å². The first-order valence-electron chi connectivity index (χ1n) is 21.6. The van der Waals surface area contributed by atoms with Gasteiger partial charge in [0.05, 0.1) is 162 Å². The topological polar surface area (TPSA) is 203 Å². The van der Waals surface area contributed by atoms with E-state index in [0.717, 1.165) is 12.1 Å². The molecule has 2 rings (SSSR count). The Morgan fingerprint density at radius 3 is 1.23 bits per heavy atom. The van der Waals surface area contributed by atoms with Gasteiger partial charge in [0.2, 0.25) is 0 Å². The number of carboxylic acid groups (broad SMARTS) is 1. The van der Waals surface area contributed by atoms with Crippen LogP contribution < -0.4 is 5.32 Å². The lowest BCUT2D eigenvalue weighted by atomic mass is 10.1. The largest absolute Gasteiger partial charge is 0.481 e. The monoisotopic (exact) mass is 937 g/mol. The molecule has 370 valence electrons. The number of alkyl halides is 3. The fourth-order valence-corrected chi connectivity index (χ4v) is 5.10. The van der Waals surface area contributed by atoms with E-state index in [2.05, 4.69) is 5.32 Å². The fourth-order valence-electron chi connectivity index (χ4n) is 5.10. The number of benzene rings is 2. The van der Waals surface area contributed by atoms with Gasteiger partial charge in [-0.1, -0.05) is 18.2 Å². The predicted molar refractivity (Wildman–Crippen MR) is 228 cm³/mol. The van der Waals surface area contributed by atoms with Crippen molar-refractivity contribution in [1.82, 2.24) is 0 Å². The van der Waals surface area contributed by atoms with Crippen LogP contribution >= 0.6 is 0 Å². The standard InChI is InChI=1S/C44H66F3NO17/c45-44(46,47)37-6-5-7-38(36-37)48-40-9-2-1-8-39(40)43(52)65-35-33-63-31-29-61-27-25-59-23-21-57-19-17-55-15-13-53-12-14-54-16-18-56-20-22-58-24-26-60-28-30-62-32-34-64-42(51)11-4-3-10-41(49)50/h1-2,5-9,36,48H,3-4,10-35H2,(H,49,50). The fraction of sp³-hybridized carbons (Fsp3) is 0.659. The highest BCUT2D eigenvalue weighted by molar-refractivity contribution is 5.96. The highest BCUT2D eigenvalue weighted by Gasteiger charge is 2.30. The average Bonchev–Trinajstić information content (AvgIpc) is 3.28. The van der Waals surface area contributed by atoms with Gasteiger partial charge in [-0.25, -0.2) is 4.79 Å². The number of hydrogen-bond acceptors (Lipinski definition) is 17. The lowest BCUT2D eigenvalue weighted by Crippen LogP contribution is -2.16. The number of ether oxygens (including phenoxy) is 13. The van der Waals surface area contributed by atoms with Gasteiger partial charge in [-0.15, -0.1) is 0 Å². The van der Waals surface area contributed by atoms with E-state index in [1.54, 1.807) is 18.2 Å². The first-order valence-corrected chi connectivity index (χ1v) is 21.6. The number of halogens is 3. The van der Waals surface area contributed by atoms with Crippen LogP contribution in [0, 0.1) is 0 Å². The molecule has 0 aliphatic rings. The first-order chi connectivity index (χ1) is 31.7. The lowest BCUT2D eigenvalue weighted by Gasteiger charge is -2.13. The number of unbranched alkanes of at least 4 members (excludes halogenated alkanes) is 1. The Hall–Kier alpha value is -4.00. The van der Waals surface area contributed by atoms with Gasteiger partial charge in [0.25, 0.3) is 0 Å². The highest BCUT2D eigenvalue weighted by Crippen LogP contribution is 2.32. The molecule has 0 aliphatic carbocycles. The smallest absolute Gasteiger partial charge is 0.416 e. The van der Waals surface area contributed by atoms with Gasteiger partial charge in [-0.2, -0.15) is 13.2 Å². The molecule has 0 atom stereocenters. The van der Waals surface area contributed by atoms with E-state index >= 15 is 0 Å². The van der Waals surface area contributed by atoms with Crippen LogP contribution in [0.1, 0.15) is 41.6 Å². The molecular formula is C44H66F3NO17. The molecule has 2 N–H and O–H groups in total. The van der Waals surface area contributed by atoms with Crippen LogP contribution in [0.25, 0.3) is 0 Å². The molecule has 18 nitrogen and oxygen atoms in total. The second kappa shape index (κ2) is 39.2. The molecule has 0 radical (unpaired) electrons. The van der Waals surface area contributed by atoms with Crippen LogP contribution in [0.3, 0.4) is 0 Å². The summed E-state index contributed by atoms with van der Waals surface area (Å²) >= 11 is 0.